The van der Waals surface area contributed by atoms with Crippen LogP contribution in [0.5, 0.6) is 11.5 Å². The van der Waals surface area contributed by atoms with Crippen molar-refractivity contribution in [3.8, 4) is 11.5 Å². The van der Waals surface area contributed by atoms with Gasteiger partial charge in [0.1, 0.15) is 12.2 Å². The average molecular weight is 660 g/mol. The minimum absolute atomic E-state index is 0.0710. The summed E-state index contributed by atoms with van der Waals surface area (Å²) in [5, 5.41) is 2.62. The maximum absolute atomic E-state index is 14.2. The molecule has 0 bridgehead atoms. The van der Waals surface area contributed by atoms with E-state index in [1.54, 1.807) is 18.2 Å². The number of rotatable bonds is 8. The molecule has 242 valence electrons. The first-order valence-electron chi connectivity index (χ1n) is 15.9. The molecule has 3 aliphatic rings. The van der Waals surface area contributed by atoms with E-state index in [9.17, 15) is 14.4 Å². The Balaban J connectivity index is 1.35. The normalized spacial score (nSPS) is 19.5. The number of carbonyl (C=O) groups excluding carboxylic acids is 3. The van der Waals surface area contributed by atoms with Crippen LogP contribution >= 0.6 is 11.6 Å². The van der Waals surface area contributed by atoms with Crippen LogP contribution in [0.1, 0.15) is 52.5 Å². The van der Waals surface area contributed by atoms with Crippen molar-refractivity contribution >= 4 is 46.9 Å². The molecule has 4 aromatic rings. The third kappa shape index (κ3) is 5.62. The number of amides is 4. The van der Waals surface area contributed by atoms with Crippen molar-refractivity contribution in [2.24, 2.45) is 0 Å². The number of halogens is 1. The Morgan fingerprint density at radius 3 is 2.06 bits per heavy atom. The molecular formula is C39H34ClN3O5. The molecule has 8 nitrogen and oxygen atoms in total. The summed E-state index contributed by atoms with van der Waals surface area (Å²) in [5.41, 5.74) is 6.28. The molecule has 4 amide bonds. The predicted molar refractivity (Wildman–Crippen MR) is 187 cm³/mol. The number of hydrogen-bond donors (Lipinski definition) is 1. The zero-order valence-corrected chi connectivity index (χ0v) is 27.2. The number of hydrogen-bond acceptors (Lipinski definition) is 6. The highest BCUT2D eigenvalue weighted by Crippen LogP contribution is 2.50. The number of ether oxygens (including phenoxy) is 2. The van der Waals surface area contributed by atoms with Crippen LogP contribution in [0.3, 0.4) is 0 Å². The van der Waals surface area contributed by atoms with Gasteiger partial charge in [0, 0.05) is 30.6 Å². The standard InChI is InChI=1S/C39H34ClN3O5/c1-3-18-48-36-33(40)20-24(21-34(36)47-2)19-32-37(44)41-39(46)43(38(32)45)27-22-30-28(25-10-6-4-7-11-25)14-16-42-17-15-29(31(23-27)35(30)42)26-12-8-5-9-13-26/h3-13,19-23,28-29H,1,14-18H2,2H3,(H,41,44,46)/b32-19+/t28-,29+. The van der Waals surface area contributed by atoms with Crippen LogP contribution in [0.4, 0.5) is 16.2 Å². The maximum atomic E-state index is 14.2. The minimum atomic E-state index is -0.797. The van der Waals surface area contributed by atoms with Crippen LogP contribution in [0, 0.1) is 0 Å². The molecule has 0 spiro atoms. The summed E-state index contributed by atoms with van der Waals surface area (Å²) < 4.78 is 11.1. The van der Waals surface area contributed by atoms with Crippen molar-refractivity contribution in [2.75, 3.05) is 36.6 Å². The van der Waals surface area contributed by atoms with Gasteiger partial charge in [-0.15, -0.1) is 0 Å². The first kappa shape index (κ1) is 31.3. The molecule has 1 saturated heterocycles. The fourth-order valence-electron chi connectivity index (χ4n) is 7.13. The van der Waals surface area contributed by atoms with E-state index in [-0.39, 0.29) is 29.0 Å². The Morgan fingerprint density at radius 1 is 0.896 bits per heavy atom. The van der Waals surface area contributed by atoms with Crippen LogP contribution in [-0.4, -0.2) is 44.7 Å². The van der Waals surface area contributed by atoms with Gasteiger partial charge in [-0.1, -0.05) is 84.9 Å². The number of methoxy groups -OCH3 is 1. The van der Waals surface area contributed by atoms with Gasteiger partial charge in [0.15, 0.2) is 11.5 Å². The van der Waals surface area contributed by atoms with Crippen molar-refractivity contribution in [1.82, 2.24) is 5.32 Å². The first-order chi connectivity index (χ1) is 23.4. The highest BCUT2D eigenvalue weighted by Gasteiger charge is 2.40. The third-order valence-electron chi connectivity index (χ3n) is 9.27. The predicted octanol–water partition coefficient (Wildman–Crippen LogP) is 7.46. The third-order valence-corrected chi connectivity index (χ3v) is 9.55. The molecule has 3 aliphatic heterocycles. The van der Waals surface area contributed by atoms with Gasteiger partial charge in [-0.2, -0.15) is 0 Å². The first-order valence-corrected chi connectivity index (χ1v) is 16.3. The summed E-state index contributed by atoms with van der Waals surface area (Å²) in [6.07, 6.45) is 4.79. The van der Waals surface area contributed by atoms with E-state index >= 15 is 0 Å². The molecular weight excluding hydrogens is 626 g/mol. The van der Waals surface area contributed by atoms with E-state index in [1.807, 2.05) is 48.5 Å². The highest BCUT2D eigenvalue weighted by atomic mass is 35.5. The van der Waals surface area contributed by atoms with Gasteiger partial charge in [0.25, 0.3) is 11.8 Å². The van der Waals surface area contributed by atoms with Gasteiger partial charge >= 0.3 is 6.03 Å². The van der Waals surface area contributed by atoms with Crippen molar-refractivity contribution < 1.29 is 23.9 Å². The lowest BCUT2D eigenvalue weighted by atomic mass is 9.76. The molecule has 0 aromatic heterocycles. The maximum Gasteiger partial charge on any atom is 0.335 e. The molecule has 48 heavy (non-hydrogen) atoms. The zero-order valence-electron chi connectivity index (χ0n) is 26.4. The number of nitrogens with one attached hydrogen (secondary N) is 1. The minimum Gasteiger partial charge on any atom is -0.493 e. The Bertz CT molecular complexity index is 1890. The van der Waals surface area contributed by atoms with E-state index in [1.165, 1.54) is 24.3 Å². The van der Waals surface area contributed by atoms with Gasteiger partial charge in [-0.3, -0.25) is 14.9 Å². The summed E-state index contributed by atoms with van der Waals surface area (Å²) in [6, 6.07) is 27.0. The molecule has 0 radical (unpaired) electrons. The Hall–Kier alpha value is -5.34. The lowest BCUT2D eigenvalue weighted by Crippen LogP contribution is -2.54. The second-order valence-electron chi connectivity index (χ2n) is 12.1. The van der Waals surface area contributed by atoms with Crippen LogP contribution < -0.4 is 24.6 Å². The fraction of sp³-hybridized carbons (Fsp3) is 0.205. The smallest absolute Gasteiger partial charge is 0.335 e. The lowest BCUT2D eigenvalue weighted by molar-refractivity contribution is -0.122. The van der Waals surface area contributed by atoms with Crippen LogP contribution in [0.15, 0.2) is 103 Å². The van der Waals surface area contributed by atoms with Crippen molar-refractivity contribution in [1.29, 1.82) is 0 Å². The largest absolute Gasteiger partial charge is 0.493 e. The van der Waals surface area contributed by atoms with Crippen molar-refractivity contribution in [3.05, 3.63) is 136 Å². The molecule has 0 unspecified atom stereocenters. The summed E-state index contributed by atoms with van der Waals surface area (Å²) >= 11 is 6.51. The van der Waals surface area contributed by atoms with Crippen LogP contribution in [0.2, 0.25) is 5.02 Å². The Morgan fingerprint density at radius 2 is 1.50 bits per heavy atom. The van der Waals surface area contributed by atoms with E-state index in [0.29, 0.717) is 22.7 Å². The van der Waals surface area contributed by atoms with Gasteiger partial charge in [-0.05, 0) is 71.0 Å². The fourth-order valence-corrected chi connectivity index (χ4v) is 7.41. The Kier molecular flexibility index (Phi) is 8.50. The topological polar surface area (TPSA) is 88.2 Å². The van der Waals surface area contributed by atoms with Crippen LogP contribution in [-0.2, 0) is 9.59 Å². The summed E-state index contributed by atoms with van der Waals surface area (Å²) in [5.74, 6) is -0.740. The van der Waals surface area contributed by atoms with E-state index in [2.05, 4.69) is 41.1 Å². The second kappa shape index (κ2) is 13.0. The summed E-state index contributed by atoms with van der Waals surface area (Å²) in [6.45, 7) is 5.69. The molecule has 4 aromatic carbocycles. The molecule has 7 rings (SSSR count). The van der Waals surface area contributed by atoms with Crippen molar-refractivity contribution in [2.45, 2.75) is 24.7 Å². The number of carbonyl (C=O) groups is 3. The number of benzene rings is 4. The number of anilines is 2. The van der Waals surface area contributed by atoms with Crippen LogP contribution in [0.25, 0.3) is 6.08 Å². The summed E-state index contributed by atoms with van der Waals surface area (Å²) in [7, 11) is 1.47. The number of imide groups is 2. The SMILES string of the molecule is C=CCOc1c(Cl)cc(/C=C2\C(=O)NC(=O)N(c3cc4c5c(c3)[C@H](c3ccccc3)CCN5CC[C@@H]4c3ccccc3)C2=O)cc1OC. The van der Waals surface area contributed by atoms with Gasteiger partial charge in [0.2, 0.25) is 0 Å². The average Bonchev–Trinajstić information content (AvgIpc) is 3.10. The molecule has 1 N–H and O–H groups in total. The zero-order chi connectivity index (χ0) is 33.4. The number of barbiturate groups is 1. The second-order valence-corrected chi connectivity index (χ2v) is 12.5. The Labute approximate surface area is 284 Å². The van der Waals surface area contributed by atoms with Gasteiger partial charge in [0.05, 0.1) is 17.8 Å². The number of nitrogens with zero attached hydrogens (tertiary/aromatic N) is 2. The van der Waals surface area contributed by atoms with E-state index in [0.717, 1.165) is 47.6 Å². The lowest BCUT2D eigenvalue weighted by Gasteiger charge is -2.44. The van der Waals surface area contributed by atoms with Gasteiger partial charge < -0.3 is 14.4 Å². The van der Waals surface area contributed by atoms with Gasteiger partial charge in [-0.25, -0.2) is 9.69 Å². The highest BCUT2D eigenvalue weighted by molar-refractivity contribution is 6.39. The molecule has 2 atom stereocenters. The monoisotopic (exact) mass is 659 g/mol. The van der Waals surface area contributed by atoms with E-state index < -0.39 is 17.8 Å². The van der Waals surface area contributed by atoms with E-state index in [4.69, 9.17) is 21.1 Å². The molecule has 1 fully saturated rings. The molecule has 9 heteroatoms. The number of urea groups is 1. The quantitative estimate of drug-likeness (QED) is 0.120. The summed E-state index contributed by atoms with van der Waals surface area (Å²) in [4.78, 5) is 44.4. The van der Waals surface area contributed by atoms with Crippen molar-refractivity contribution in [3.63, 3.8) is 0 Å². The molecule has 3 heterocycles. The molecule has 0 aliphatic carbocycles. The molecule has 0 saturated carbocycles.